The van der Waals surface area contributed by atoms with E-state index >= 15 is 0 Å². The predicted octanol–water partition coefficient (Wildman–Crippen LogP) is 1.81. The van der Waals surface area contributed by atoms with Crippen LogP contribution in [0.4, 0.5) is 0 Å². The molecule has 2 aliphatic heterocycles. The van der Waals surface area contributed by atoms with Gasteiger partial charge in [-0.1, -0.05) is 0 Å². The lowest BCUT2D eigenvalue weighted by Gasteiger charge is -2.34. The van der Waals surface area contributed by atoms with Gasteiger partial charge < -0.3 is 14.2 Å². The molecule has 0 unspecified atom stereocenters. The van der Waals surface area contributed by atoms with Gasteiger partial charge in [0.15, 0.2) is 0 Å². The van der Waals surface area contributed by atoms with E-state index in [-0.39, 0.29) is 11.8 Å². The maximum absolute atomic E-state index is 12.8. The van der Waals surface area contributed by atoms with Gasteiger partial charge in [0.2, 0.25) is 5.91 Å². The van der Waals surface area contributed by atoms with Gasteiger partial charge in [-0.25, -0.2) is 0 Å². The number of nitrogens with zero attached hydrogens (tertiary/aromatic N) is 4. The zero-order valence-electron chi connectivity index (χ0n) is 14.6. The highest BCUT2D eigenvalue weighted by Gasteiger charge is 2.27. The molecule has 2 amide bonds. The van der Waals surface area contributed by atoms with Crippen LogP contribution in [0.25, 0.3) is 6.08 Å². The summed E-state index contributed by atoms with van der Waals surface area (Å²) < 4.78 is 7.14. The summed E-state index contributed by atoms with van der Waals surface area (Å²) in [6.45, 7) is 3.06. The summed E-state index contributed by atoms with van der Waals surface area (Å²) in [7, 11) is 0. The first-order valence-corrected chi connectivity index (χ1v) is 9.07. The largest absolute Gasteiger partial charge is 0.465 e. The van der Waals surface area contributed by atoms with Crippen LogP contribution in [0.15, 0.2) is 35.1 Å². The summed E-state index contributed by atoms with van der Waals surface area (Å²) in [4.78, 5) is 28.7. The highest BCUT2D eigenvalue weighted by molar-refractivity contribution is 5.96. The van der Waals surface area contributed by atoms with Gasteiger partial charge in [-0.05, 0) is 37.5 Å². The molecule has 0 radical (unpaired) electrons. The van der Waals surface area contributed by atoms with Gasteiger partial charge in [-0.15, -0.1) is 0 Å². The van der Waals surface area contributed by atoms with Crippen molar-refractivity contribution in [2.45, 2.75) is 25.8 Å². The fraction of sp³-hybridized carbons (Fsp3) is 0.421. The molecule has 4 rings (SSSR count). The fourth-order valence-corrected chi connectivity index (χ4v) is 3.54. The number of aryl methyl sites for hydroxylation is 1. The molecule has 1 fully saturated rings. The number of rotatable bonds is 3. The topological polar surface area (TPSA) is 71.6 Å². The summed E-state index contributed by atoms with van der Waals surface area (Å²) in [5, 5.41) is 4.35. The second kappa shape index (κ2) is 7.19. The van der Waals surface area contributed by atoms with E-state index in [1.54, 1.807) is 35.6 Å². The molecule has 0 spiro atoms. The number of piperazine rings is 1. The van der Waals surface area contributed by atoms with Crippen molar-refractivity contribution in [2.24, 2.45) is 0 Å². The third-order valence-electron chi connectivity index (χ3n) is 5.02. The Kier molecular flexibility index (Phi) is 4.60. The van der Waals surface area contributed by atoms with Gasteiger partial charge in [0.05, 0.1) is 23.7 Å². The lowest BCUT2D eigenvalue weighted by Crippen LogP contribution is -2.50. The molecule has 2 aromatic rings. The lowest BCUT2D eigenvalue weighted by molar-refractivity contribution is -0.127. The van der Waals surface area contributed by atoms with E-state index in [2.05, 4.69) is 5.10 Å². The maximum atomic E-state index is 12.8. The number of aromatic nitrogens is 2. The summed E-state index contributed by atoms with van der Waals surface area (Å²) in [6.07, 6.45) is 9.60. The van der Waals surface area contributed by atoms with E-state index < -0.39 is 0 Å². The lowest BCUT2D eigenvalue weighted by atomic mass is 10.1. The van der Waals surface area contributed by atoms with E-state index in [4.69, 9.17) is 4.42 Å². The first-order valence-electron chi connectivity index (χ1n) is 9.07. The summed E-state index contributed by atoms with van der Waals surface area (Å²) >= 11 is 0. The number of hydrogen-bond donors (Lipinski definition) is 0. The Hall–Kier alpha value is -2.83. The van der Waals surface area contributed by atoms with Crippen molar-refractivity contribution in [1.82, 2.24) is 19.6 Å². The molecule has 136 valence electrons. The van der Waals surface area contributed by atoms with E-state index in [9.17, 15) is 9.59 Å². The molecule has 0 aromatic carbocycles. The Bertz CT molecular complexity index is 814. The minimum atomic E-state index is -0.0589. The maximum Gasteiger partial charge on any atom is 0.257 e. The first-order chi connectivity index (χ1) is 12.7. The van der Waals surface area contributed by atoms with Crippen molar-refractivity contribution in [3.05, 3.63) is 47.7 Å². The van der Waals surface area contributed by atoms with Crippen molar-refractivity contribution < 1.29 is 14.0 Å². The first kappa shape index (κ1) is 16.6. The molecule has 4 heterocycles. The van der Waals surface area contributed by atoms with Crippen LogP contribution in [0, 0.1) is 0 Å². The molecule has 0 aliphatic carbocycles. The van der Waals surface area contributed by atoms with Crippen molar-refractivity contribution in [1.29, 1.82) is 0 Å². The molecule has 0 N–H and O–H groups in total. The summed E-state index contributed by atoms with van der Waals surface area (Å²) in [5.41, 5.74) is 1.78. The number of hydrogen-bond acceptors (Lipinski definition) is 4. The van der Waals surface area contributed by atoms with Gasteiger partial charge >= 0.3 is 0 Å². The monoisotopic (exact) mass is 354 g/mol. The molecular formula is C19H22N4O3. The van der Waals surface area contributed by atoms with Crippen LogP contribution in [0.5, 0.6) is 0 Å². The molecule has 7 heteroatoms. The van der Waals surface area contributed by atoms with Crippen LogP contribution in [0.3, 0.4) is 0 Å². The number of amides is 2. The average Bonchev–Trinajstić information content (AvgIpc) is 3.35. The van der Waals surface area contributed by atoms with Crippen LogP contribution in [0.2, 0.25) is 0 Å². The van der Waals surface area contributed by atoms with E-state index in [0.29, 0.717) is 31.9 Å². The Balaban J connectivity index is 1.35. The minimum absolute atomic E-state index is 0.0337. The Morgan fingerprint density at radius 1 is 1.08 bits per heavy atom. The van der Waals surface area contributed by atoms with Gasteiger partial charge in [0.1, 0.15) is 5.76 Å². The summed E-state index contributed by atoms with van der Waals surface area (Å²) in [6, 6.07) is 3.58. The number of furan rings is 1. The van der Waals surface area contributed by atoms with Crippen LogP contribution in [-0.4, -0.2) is 57.6 Å². The molecule has 7 nitrogen and oxygen atoms in total. The van der Waals surface area contributed by atoms with Gasteiger partial charge in [-0.3, -0.25) is 14.3 Å². The number of carbonyl (C=O) groups is 2. The van der Waals surface area contributed by atoms with Crippen molar-refractivity contribution >= 4 is 17.9 Å². The van der Waals surface area contributed by atoms with Crippen molar-refractivity contribution in [3.63, 3.8) is 0 Å². The highest BCUT2D eigenvalue weighted by atomic mass is 16.3. The molecule has 26 heavy (non-hydrogen) atoms. The zero-order valence-corrected chi connectivity index (χ0v) is 14.6. The second-order valence-electron chi connectivity index (χ2n) is 6.65. The normalized spacial score (nSPS) is 17.5. The van der Waals surface area contributed by atoms with Crippen LogP contribution in [0.1, 0.15) is 34.7 Å². The molecule has 2 aliphatic rings. The number of carbonyl (C=O) groups excluding carboxylic acids is 2. The zero-order chi connectivity index (χ0) is 17.9. The van der Waals surface area contributed by atoms with Crippen molar-refractivity contribution in [3.8, 4) is 0 Å². The highest BCUT2D eigenvalue weighted by Crippen LogP contribution is 2.20. The van der Waals surface area contributed by atoms with Gasteiger partial charge in [-0.2, -0.15) is 5.10 Å². The fourth-order valence-electron chi connectivity index (χ4n) is 3.54. The quantitative estimate of drug-likeness (QED) is 0.788. The van der Waals surface area contributed by atoms with E-state index in [0.717, 1.165) is 37.1 Å². The Labute approximate surface area is 151 Å². The van der Waals surface area contributed by atoms with E-state index in [1.165, 1.54) is 6.08 Å². The standard InChI is InChI=1S/C19H22N4O3/c24-18(7-6-15-4-3-13-26-15)21-9-11-22(12-10-21)19(25)16-14-20-23-8-2-1-5-17(16)23/h3-4,6-7,13-14H,1-2,5,8-12H2/b7-6+. The van der Waals surface area contributed by atoms with Crippen LogP contribution in [-0.2, 0) is 17.8 Å². The third-order valence-corrected chi connectivity index (χ3v) is 5.02. The minimum Gasteiger partial charge on any atom is -0.465 e. The molecule has 0 saturated carbocycles. The average molecular weight is 354 g/mol. The second-order valence-corrected chi connectivity index (χ2v) is 6.65. The molecule has 2 aromatic heterocycles. The van der Waals surface area contributed by atoms with Gasteiger partial charge in [0, 0.05) is 38.8 Å². The Morgan fingerprint density at radius 3 is 2.65 bits per heavy atom. The third kappa shape index (κ3) is 3.29. The molecular weight excluding hydrogens is 332 g/mol. The SMILES string of the molecule is O=C(/C=C/c1ccco1)N1CCN(C(=O)c2cnn3c2CCCC3)CC1. The smallest absolute Gasteiger partial charge is 0.257 e. The Morgan fingerprint density at radius 2 is 1.88 bits per heavy atom. The molecule has 0 atom stereocenters. The molecule has 1 saturated heterocycles. The molecule has 0 bridgehead atoms. The predicted molar refractivity (Wildman–Crippen MR) is 95.4 cm³/mol. The van der Waals surface area contributed by atoms with E-state index in [1.807, 2.05) is 9.58 Å². The van der Waals surface area contributed by atoms with Crippen LogP contribution < -0.4 is 0 Å². The number of fused-ring (bicyclic) bond motifs is 1. The van der Waals surface area contributed by atoms with Crippen LogP contribution >= 0.6 is 0 Å². The van der Waals surface area contributed by atoms with Gasteiger partial charge in [0.25, 0.3) is 5.91 Å². The van der Waals surface area contributed by atoms with Crippen molar-refractivity contribution in [2.75, 3.05) is 26.2 Å². The summed E-state index contributed by atoms with van der Waals surface area (Å²) in [5.74, 6) is 0.626.